The molecule has 0 bridgehead atoms. The van der Waals surface area contributed by atoms with Gasteiger partial charge in [-0.2, -0.15) is 0 Å². The van der Waals surface area contributed by atoms with Crippen LogP contribution >= 0.6 is 11.6 Å². The Balaban J connectivity index is 1.44. The van der Waals surface area contributed by atoms with E-state index in [1.54, 1.807) is 24.0 Å². The maximum absolute atomic E-state index is 13.3. The number of nitrogens with one attached hydrogen (secondary N) is 1. The van der Waals surface area contributed by atoms with Crippen molar-refractivity contribution in [2.75, 3.05) is 6.79 Å². The highest BCUT2D eigenvalue weighted by molar-refractivity contribution is 6.30. The maximum atomic E-state index is 13.3. The van der Waals surface area contributed by atoms with Crippen molar-refractivity contribution >= 4 is 23.4 Å². The third-order valence-corrected chi connectivity index (χ3v) is 6.45. The average molecular weight is 457 g/mol. The number of ether oxygens (including phenoxy) is 2. The van der Waals surface area contributed by atoms with Crippen molar-refractivity contribution in [1.29, 1.82) is 0 Å². The fourth-order valence-electron chi connectivity index (χ4n) is 4.25. The van der Waals surface area contributed by atoms with Gasteiger partial charge in [-0.25, -0.2) is 0 Å². The molecular formula is C25H29ClN2O4. The monoisotopic (exact) mass is 456 g/mol. The summed E-state index contributed by atoms with van der Waals surface area (Å²) in [6.07, 6.45) is 5.16. The van der Waals surface area contributed by atoms with E-state index in [9.17, 15) is 9.59 Å². The lowest BCUT2D eigenvalue weighted by molar-refractivity contribution is -0.140. The van der Waals surface area contributed by atoms with Crippen LogP contribution in [0, 0.1) is 0 Å². The second-order valence-electron chi connectivity index (χ2n) is 8.50. The second-order valence-corrected chi connectivity index (χ2v) is 8.94. The number of carbonyl (C=O) groups excluding carboxylic acids is 2. The Bertz CT molecular complexity index is 957. The predicted molar refractivity (Wildman–Crippen MR) is 123 cm³/mol. The Morgan fingerprint density at radius 3 is 2.50 bits per heavy atom. The van der Waals surface area contributed by atoms with Gasteiger partial charge in [-0.05, 0) is 61.6 Å². The van der Waals surface area contributed by atoms with Gasteiger partial charge in [0.1, 0.15) is 6.04 Å². The molecule has 1 atom stereocenters. The van der Waals surface area contributed by atoms with Gasteiger partial charge in [-0.3, -0.25) is 9.59 Å². The van der Waals surface area contributed by atoms with E-state index >= 15 is 0 Å². The molecule has 1 heterocycles. The number of halogens is 1. The zero-order valence-corrected chi connectivity index (χ0v) is 19.1. The first-order valence-electron chi connectivity index (χ1n) is 11.2. The van der Waals surface area contributed by atoms with Gasteiger partial charge >= 0.3 is 0 Å². The Morgan fingerprint density at radius 2 is 1.75 bits per heavy atom. The molecule has 0 spiro atoms. The highest BCUT2D eigenvalue weighted by atomic mass is 35.5. The van der Waals surface area contributed by atoms with E-state index in [-0.39, 0.29) is 24.6 Å². The van der Waals surface area contributed by atoms with Crippen LogP contribution in [0.4, 0.5) is 0 Å². The summed E-state index contributed by atoms with van der Waals surface area (Å²) in [7, 11) is 0. The van der Waals surface area contributed by atoms with E-state index in [1.807, 2.05) is 30.3 Å². The Hall–Kier alpha value is -2.73. The van der Waals surface area contributed by atoms with Crippen LogP contribution < -0.4 is 14.8 Å². The van der Waals surface area contributed by atoms with Crippen LogP contribution in [-0.4, -0.2) is 35.6 Å². The molecule has 2 aromatic rings. The molecule has 1 N–H and O–H groups in total. The largest absolute Gasteiger partial charge is 0.454 e. The van der Waals surface area contributed by atoms with Gasteiger partial charge in [0.05, 0.1) is 0 Å². The Labute approximate surface area is 193 Å². The summed E-state index contributed by atoms with van der Waals surface area (Å²) in [5.74, 6) is 1.27. The molecule has 170 valence electrons. The van der Waals surface area contributed by atoms with Crippen LogP contribution in [-0.2, 0) is 22.6 Å². The van der Waals surface area contributed by atoms with E-state index in [0.29, 0.717) is 30.2 Å². The smallest absolute Gasteiger partial charge is 0.242 e. The second kappa shape index (κ2) is 10.3. The molecular weight excluding hydrogens is 428 g/mol. The molecule has 6 nitrogen and oxygen atoms in total. The Kier molecular flexibility index (Phi) is 7.20. The average Bonchev–Trinajstić information content (AvgIpc) is 3.48. The summed E-state index contributed by atoms with van der Waals surface area (Å²) in [4.78, 5) is 27.9. The molecule has 2 aliphatic rings. The van der Waals surface area contributed by atoms with Gasteiger partial charge in [0, 0.05) is 24.0 Å². The van der Waals surface area contributed by atoms with Gasteiger partial charge in [-0.1, -0.05) is 42.6 Å². The quantitative estimate of drug-likeness (QED) is 0.636. The zero-order chi connectivity index (χ0) is 22.5. The van der Waals surface area contributed by atoms with E-state index in [4.69, 9.17) is 21.1 Å². The number of aryl methyl sites for hydroxylation is 1. The summed E-state index contributed by atoms with van der Waals surface area (Å²) in [6.45, 7) is 2.38. The van der Waals surface area contributed by atoms with Crippen LogP contribution in [0.25, 0.3) is 0 Å². The standard InChI is InChI=1S/C25H29ClN2O4/c1-17(25(30)27-21-4-2-3-5-21)28(15-19-6-10-20(26)11-7-19)24(29)13-9-18-8-12-22-23(14-18)32-16-31-22/h6-8,10-12,14,17,21H,2-5,9,13,15-16H2,1H3,(H,27,30)/t17-/m0/s1. The summed E-state index contributed by atoms with van der Waals surface area (Å²) in [5.41, 5.74) is 1.93. The first kappa shape index (κ1) is 22.5. The normalized spacial score (nSPS) is 16.1. The van der Waals surface area contributed by atoms with Crippen molar-refractivity contribution in [1.82, 2.24) is 10.2 Å². The molecule has 1 aliphatic carbocycles. The van der Waals surface area contributed by atoms with Crippen LogP contribution in [0.1, 0.15) is 50.2 Å². The molecule has 2 aromatic carbocycles. The van der Waals surface area contributed by atoms with Gasteiger partial charge < -0.3 is 19.7 Å². The lowest BCUT2D eigenvalue weighted by Gasteiger charge is -2.30. The fourth-order valence-corrected chi connectivity index (χ4v) is 4.38. The number of benzene rings is 2. The number of carbonyl (C=O) groups is 2. The van der Waals surface area contributed by atoms with Gasteiger partial charge in [0.2, 0.25) is 18.6 Å². The summed E-state index contributed by atoms with van der Waals surface area (Å²) in [6, 6.07) is 12.8. The van der Waals surface area contributed by atoms with Gasteiger partial charge in [-0.15, -0.1) is 0 Å². The summed E-state index contributed by atoms with van der Waals surface area (Å²) < 4.78 is 10.8. The number of nitrogens with zero attached hydrogens (tertiary/aromatic N) is 1. The van der Waals surface area contributed by atoms with Crippen LogP contribution in [0.15, 0.2) is 42.5 Å². The molecule has 32 heavy (non-hydrogen) atoms. The molecule has 0 aromatic heterocycles. The maximum Gasteiger partial charge on any atom is 0.242 e. The number of fused-ring (bicyclic) bond motifs is 1. The molecule has 0 saturated heterocycles. The van der Waals surface area contributed by atoms with E-state index in [0.717, 1.165) is 42.6 Å². The van der Waals surface area contributed by atoms with Crippen molar-refractivity contribution < 1.29 is 19.1 Å². The molecule has 2 amide bonds. The Morgan fingerprint density at radius 1 is 1.06 bits per heavy atom. The lowest BCUT2D eigenvalue weighted by atomic mass is 10.1. The van der Waals surface area contributed by atoms with Crippen molar-refractivity contribution in [3.63, 3.8) is 0 Å². The van der Waals surface area contributed by atoms with E-state index in [2.05, 4.69) is 5.32 Å². The lowest BCUT2D eigenvalue weighted by Crippen LogP contribution is -2.49. The molecule has 0 unspecified atom stereocenters. The topological polar surface area (TPSA) is 67.9 Å². The minimum absolute atomic E-state index is 0.0633. The molecule has 1 fully saturated rings. The van der Waals surface area contributed by atoms with Crippen molar-refractivity contribution in [3.8, 4) is 11.5 Å². The highest BCUT2D eigenvalue weighted by Gasteiger charge is 2.28. The van der Waals surface area contributed by atoms with Gasteiger partial charge in [0.25, 0.3) is 0 Å². The van der Waals surface area contributed by atoms with Crippen LogP contribution in [0.5, 0.6) is 11.5 Å². The van der Waals surface area contributed by atoms with Crippen LogP contribution in [0.2, 0.25) is 5.02 Å². The van der Waals surface area contributed by atoms with Crippen LogP contribution in [0.3, 0.4) is 0 Å². The number of hydrogen-bond donors (Lipinski definition) is 1. The van der Waals surface area contributed by atoms with Crippen molar-refractivity contribution in [2.45, 2.75) is 64.1 Å². The number of rotatable bonds is 8. The van der Waals surface area contributed by atoms with Crippen molar-refractivity contribution in [3.05, 3.63) is 58.6 Å². The van der Waals surface area contributed by atoms with Gasteiger partial charge in [0.15, 0.2) is 11.5 Å². The molecule has 1 aliphatic heterocycles. The third-order valence-electron chi connectivity index (χ3n) is 6.20. The molecule has 1 saturated carbocycles. The summed E-state index contributed by atoms with van der Waals surface area (Å²) >= 11 is 6.01. The zero-order valence-electron chi connectivity index (χ0n) is 18.3. The summed E-state index contributed by atoms with van der Waals surface area (Å²) in [5, 5.41) is 3.77. The first-order valence-corrected chi connectivity index (χ1v) is 11.6. The molecule has 0 radical (unpaired) electrons. The predicted octanol–water partition coefficient (Wildman–Crippen LogP) is 4.48. The minimum Gasteiger partial charge on any atom is -0.454 e. The highest BCUT2D eigenvalue weighted by Crippen LogP contribution is 2.32. The van der Waals surface area contributed by atoms with E-state index < -0.39 is 6.04 Å². The first-order chi connectivity index (χ1) is 15.5. The minimum atomic E-state index is -0.560. The SMILES string of the molecule is C[C@@H](C(=O)NC1CCCC1)N(Cc1ccc(Cl)cc1)C(=O)CCc1ccc2c(c1)OCO2. The number of amides is 2. The van der Waals surface area contributed by atoms with E-state index in [1.165, 1.54) is 0 Å². The third kappa shape index (κ3) is 5.54. The molecule has 7 heteroatoms. The number of hydrogen-bond acceptors (Lipinski definition) is 4. The fraction of sp³-hybridized carbons (Fsp3) is 0.440. The molecule has 4 rings (SSSR count). The van der Waals surface area contributed by atoms with Crippen molar-refractivity contribution in [2.24, 2.45) is 0 Å².